The van der Waals surface area contributed by atoms with E-state index in [-0.39, 0.29) is 12.0 Å². The molecule has 3 rings (SSSR count). The molecule has 0 radical (unpaired) electrons. The van der Waals surface area contributed by atoms with Crippen molar-refractivity contribution in [2.45, 2.75) is 44.8 Å². The summed E-state index contributed by atoms with van der Waals surface area (Å²) in [5.74, 6) is 0.837. The number of nitrogens with zero attached hydrogens (tertiary/aromatic N) is 2. The molecule has 2 aliphatic heterocycles. The Balaban J connectivity index is 1.57. The Bertz CT molecular complexity index is 726. The van der Waals surface area contributed by atoms with Crippen molar-refractivity contribution in [1.29, 1.82) is 0 Å². The van der Waals surface area contributed by atoms with E-state index in [9.17, 15) is 13.2 Å². The van der Waals surface area contributed by atoms with Crippen LogP contribution in [0.1, 0.15) is 31.2 Å². The van der Waals surface area contributed by atoms with Gasteiger partial charge in [-0.05, 0) is 31.4 Å². The molecule has 0 aliphatic carbocycles. The molecule has 0 N–H and O–H groups in total. The second-order valence-electron chi connectivity index (χ2n) is 6.94. The number of rotatable bonds is 4. The molecule has 0 saturated carbocycles. The number of hydrogen-bond donors (Lipinski definition) is 0. The first kappa shape index (κ1) is 18.2. The number of amides is 1. The molecule has 7 heteroatoms. The van der Waals surface area contributed by atoms with E-state index in [4.69, 9.17) is 4.74 Å². The van der Waals surface area contributed by atoms with E-state index in [1.54, 1.807) is 4.90 Å². The van der Waals surface area contributed by atoms with Crippen LogP contribution in [0.15, 0.2) is 24.3 Å². The molecule has 2 heterocycles. The predicted octanol–water partition coefficient (Wildman–Crippen LogP) is 1.79. The summed E-state index contributed by atoms with van der Waals surface area (Å²) >= 11 is 0. The van der Waals surface area contributed by atoms with Gasteiger partial charge in [0.2, 0.25) is 15.9 Å². The summed E-state index contributed by atoms with van der Waals surface area (Å²) in [5, 5.41) is 0. The van der Waals surface area contributed by atoms with Crippen LogP contribution in [-0.4, -0.2) is 61.6 Å². The molecular weight excluding hydrogens is 340 g/mol. The fourth-order valence-corrected chi connectivity index (χ4v) is 4.78. The van der Waals surface area contributed by atoms with E-state index in [1.165, 1.54) is 10.6 Å². The van der Waals surface area contributed by atoms with E-state index in [1.807, 2.05) is 31.2 Å². The van der Waals surface area contributed by atoms with Crippen molar-refractivity contribution < 1.29 is 17.9 Å². The van der Waals surface area contributed by atoms with Crippen molar-refractivity contribution in [1.82, 2.24) is 9.21 Å². The Hall–Kier alpha value is -1.60. The van der Waals surface area contributed by atoms with Crippen LogP contribution in [0.25, 0.3) is 0 Å². The largest absolute Gasteiger partial charge is 0.490 e. The van der Waals surface area contributed by atoms with Crippen LogP contribution in [0, 0.1) is 6.92 Å². The van der Waals surface area contributed by atoms with Crippen molar-refractivity contribution >= 4 is 15.9 Å². The number of carbonyl (C=O) groups excluding carboxylic acids is 1. The number of sulfonamides is 1. The van der Waals surface area contributed by atoms with Crippen LogP contribution < -0.4 is 4.74 Å². The van der Waals surface area contributed by atoms with Gasteiger partial charge in [0.25, 0.3) is 0 Å². The molecule has 1 aromatic carbocycles. The van der Waals surface area contributed by atoms with Crippen LogP contribution in [0.2, 0.25) is 0 Å². The van der Waals surface area contributed by atoms with Crippen molar-refractivity contribution in [2.24, 2.45) is 0 Å². The molecule has 25 heavy (non-hydrogen) atoms. The van der Waals surface area contributed by atoms with Crippen LogP contribution in [0.4, 0.5) is 0 Å². The Morgan fingerprint density at radius 3 is 2.44 bits per heavy atom. The van der Waals surface area contributed by atoms with Gasteiger partial charge in [0.15, 0.2) is 0 Å². The molecule has 2 fully saturated rings. The number of benzene rings is 1. The van der Waals surface area contributed by atoms with Crippen molar-refractivity contribution in [2.75, 3.05) is 25.9 Å². The van der Waals surface area contributed by atoms with Crippen molar-refractivity contribution in [3.05, 3.63) is 29.8 Å². The predicted molar refractivity (Wildman–Crippen MR) is 96.0 cm³/mol. The number of piperidine rings is 1. The van der Waals surface area contributed by atoms with Gasteiger partial charge in [-0.15, -0.1) is 0 Å². The zero-order chi connectivity index (χ0) is 18.0. The van der Waals surface area contributed by atoms with Gasteiger partial charge >= 0.3 is 0 Å². The molecule has 6 nitrogen and oxygen atoms in total. The molecule has 0 aromatic heterocycles. The average molecular weight is 366 g/mol. The minimum atomic E-state index is -3.33. The summed E-state index contributed by atoms with van der Waals surface area (Å²) in [7, 11) is -3.33. The number of aryl methyl sites for hydroxylation is 1. The average Bonchev–Trinajstić information content (AvgIpc) is 3.07. The highest BCUT2D eigenvalue weighted by Crippen LogP contribution is 2.26. The summed E-state index contributed by atoms with van der Waals surface area (Å²) < 4.78 is 31.1. The zero-order valence-electron chi connectivity index (χ0n) is 14.8. The third-order valence-corrected chi connectivity index (χ3v) is 6.34. The molecular formula is C18H26N2O4S. The lowest BCUT2D eigenvalue weighted by atomic mass is 10.1. The molecule has 0 bridgehead atoms. The fraction of sp³-hybridized carbons (Fsp3) is 0.611. The summed E-state index contributed by atoms with van der Waals surface area (Å²) in [6.45, 7) is 3.70. The Morgan fingerprint density at radius 2 is 1.80 bits per heavy atom. The van der Waals surface area contributed by atoms with Gasteiger partial charge in [0, 0.05) is 32.5 Å². The molecule has 1 amide bonds. The first-order valence-electron chi connectivity index (χ1n) is 8.84. The lowest BCUT2D eigenvalue weighted by molar-refractivity contribution is -0.136. The lowest BCUT2D eigenvalue weighted by Gasteiger charge is -2.35. The second-order valence-corrected chi connectivity index (χ2v) is 8.87. The summed E-state index contributed by atoms with van der Waals surface area (Å²) in [4.78, 5) is 14.6. The van der Waals surface area contributed by atoms with Crippen LogP contribution in [0.3, 0.4) is 0 Å². The maximum atomic E-state index is 12.8. The Kier molecular flexibility index (Phi) is 5.34. The Morgan fingerprint density at radius 1 is 1.12 bits per heavy atom. The number of para-hydroxylation sites is 1. The van der Waals surface area contributed by atoms with Crippen LogP contribution in [-0.2, 0) is 14.8 Å². The highest BCUT2D eigenvalue weighted by atomic mass is 32.2. The van der Waals surface area contributed by atoms with Gasteiger partial charge in [-0.2, -0.15) is 4.31 Å². The zero-order valence-corrected chi connectivity index (χ0v) is 15.7. The number of likely N-dealkylation sites (tertiary alicyclic amines) is 1. The maximum Gasteiger partial charge on any atom is 0.241 e. The lowest BCUT2D eigenvalue weighted by Crippen LogP contribution is -2.50. The van der Waals surface area contributed by atoms with Crippen LogP contribution in [0.5, 0.6) is 5.75 Å². The van der Waals surface area contributed by atoms with Crippen molar-refractivity contribution in [3.8, 4) is 5.75 Å². The van der Waals surface area contributed by atoms with E-state index in [2.05, 4.69) is 0 Å². The van der Waals surface area contributed by atoms with Gasteiger partial charge < -0.3 is 9.64 Å². The molecule has 0 spiro atoms. The highest BCUT2D eigenvalue weighted by Gasteiger charge is 2.39. The monoisotopic (exact) mass is 366 g/mol. The maximum absolute atomic E-state index is 12.8. The molecule has 2 aliphatic rings. The fourth-order valence-electron chi connectivity index (χ4n) is 3.66. The van der Waals surface area contributed by atoms with Crippen LogP contribution >= 0.6 is 0 Å². The first-order valence-corrected chi connectivity index (χ1v) is 10.7. The van der Waals surface area contributed by atoms with Crippen molar-refractivity contribution in [3.63, 3.8) is 0 Å². The summed E-state index contributed by atoms with van der Waals surface area (Å²) in [6, 6.07) is 7.41. The number of carbonyl (C=O) groups is 1. The standard InChI is InChI=1S/C18H26N2O4S/c1-14-6-3-4-8-17(14)24-15-9-12-19(13-10-15)18(21)16-7-5-11-20(16)25(2,22)23/h3-4,6,8,15-16H,5,7,9-13H2,1-2H3. The molecule has 138 valence electrons. The first-order chi connectivity index (χ1) is 11.9. The topological polar surface area (TPSA) is 66.9 Å². The van der Waals surface area contributed by atoms with Gasteiger partial charge in [0.1, 0.15) is 17.9 Å². The number of ether oxygens (including phenoxy) is 1. The third-order valence-electron chi connectivity index (χ3n) is 5.06. The summed E-state index contributed by atoms with van der Waals surface area (Å²) in [5.41, 5.74) is 1.11. The molecule has 1 aromatic rings. The quantitative estimate of drug-likeness (QED) is 0.815. The van der Waals surface area contributed by atoms with Gasteiger partial charge in [0.05, 0.1) is 6.26 Å². The summed E-state index contributed by atoms with van der Waals surface area (Å²) in [6.07, 6.45) is 4.18. The molecule has 2 saturated heterocycles. The number of hydrogen-bond acceptors (Lipinski definition) is 4. The minimum Gasteiger partial charge on any atom is -0.490 e. The van der Waals surface area contributed by atoms with Gasteiger partial charge in [-0.25, -0.2) is 8.42 Å². The highest BCUT2D eigenvalue weighted by molar-refractivity contribution is 7.88. The third kappa shape index (κ3) is 4.15. The Labute approximate surface area is 149 Å². The SMILES string of the molecule is Cc1ccccc1OC1CCN(C(=O)C2CCCN2S(C)(=O)=O)CC1. The van der Waals surface area contributed by atoms with Gasteiger partial charge in [-0.1, -0.05) is 18.2 Å². The molecule has 1 unspecified atom stereocenters. The van der Waals surface area contributed by atoms with Gasteiger partial charge in [-0.3, -0.25) is 4.79 Å². The normalized spacial score (nSPS) is 23.0. The molecule has 1 atom stereocenters. The minimum absolute atomic E-state index is 0.0581. The second kappa shape index (κ2) is 7.33. The smallest absolute Gasteiger partial charge is 0.241 e. The van der Waals surface area contributed by atoms with E-state index >= 15 is 0 Å². The van der Waals surface area contributed by atoms with E-state index < -0.39 is 16.1 Å². The van der Waals surface area contributed by atoms with E-state index in [0.29, 0.717) is 26.1 Å². The van der Waals surface area contributed by atoms with E-state index in [0.717, 1.165) is 30.6 Å².